The van der Waals surface area contributed by atoms with Gasteiger partial charge in [0.1, 0.15) is 5.69 Å². The van der Waals surface area contributed by atoms with Gasteiger partial charge in [0.05, 0.1) is 24.0 Å². The number of benzene rings is 1. The van der Waals surface area contributed by atoms with E-state index in [9.17, 15) is 4.79 Å². The monoisotopic (exact) mass is 434 g/mol. The fraction of sp³-hybridized carbons (Fsp3) is 0.333. The number of nitrogens with zero attached hydrogens (tertiary/aromatic N) is 5. The summed E-state index contributed by atoms with van der Waals surface area (Å²) in [6.45, 7) is 2.11. The molecule has 0 bridgehead atoms. The summed E-state index contributed by atoms with van der Waals surface area (Å²) < 4.78 is 8.95. The van der Waals surface area contributed by atoms with Crippen LogP contribution in [0.1, 0.15) is 34.7 Å². The summed E-state index contributed by atoms with van der Waals surface area (Å²) in [7, 11) is 4.01. The highest BCUT2D eigenvalue weighted by atomic mass is 16.5. The van der Waals surface area contributed by atoms with Gasteiger partial charge < -0.3 is 19.0 Å². The van der Waals surface area contributed by atoms with Gasteiger partial charge in [-0.3, -0.25) is 4.79 Å². The van der Waals surface area contributed by atoms with Crippen molar-refractivity contribution >= 4 is 6.29 Å². The van der Waals surface area contributed by atoms with Crippen LogP contribution in [-0.4, -0.2) is 43.6 Å². The van der Waals surface area contributed by atoms with Crippen LogP contribution in [0.3, 0.4) is 0 Å². The van der Waals surface area contributed by atoms with Crippen molar-refractivity contribution in [2.24, 2.45) is 14.1 Å². The Hall–Kier alpha value is -3.52. The lowest BCUT2D eigenvalue weighted by atomic mass is 10.2. The number of carbonyl (C=O) groups excluding carboxylic acids is 1. The van der Waals surface area contributed by atoms with E-state index in [0.717, 1.165) is 44.3 Å². The third-order valence-corrected chi connectivity index (χ3v) is 4.80. The van der Waals surface area contributed by atoms with Crippen LogP contribution in [0.25, 0.3) is 11.3 Å². The average molecular weight is 435 g/mol. The SMILES string of the molecule is Cn1cnc(CCCNCCCc2cn(C)cn2)c1.O=Cc1cc(-c2ccccc2)on1. The van der Waals surface area contributed by atoms with Gasteiger partial charge in [0, 0.05) is 38.1 Å². The van der Waals surface area contributed by atoms with Crippen molar-refractivity contribution in [3.05, 3.63) is 78.5 Å². The van der Waals surface area contributed by atoms with Crippen LogP contribution in [0.5, 0.6) is 0 Å². The first kappa shape index (κ1) is 23.1. The Kier molecular flexibility index (Phi) is 8.94. The molecule has 0 fully saturated rings. The average Bonchev–Trinajstić information content (AvgIpc) is 3.55. The molecule has 0 spiro atoms. The van der Waals surface area contributed by atoms with E-state index in [1.807, 2.05) is 66.2 Å². The molecule has 32 heavy (non-hydrogen) atoms. The van der Waals surface area contributed by atoms with E-state index in [-0.39, 0.29) is 0 Å². The third kappa shape index (κ3) is 7.63. The van der Waals surface area contributed by atoms with Crippen LogP contribution in [0, 0.1) is 0 Å². The molecule has 0 aliphatic heterocycles. The summed E-state index contributed by atoms with van der Waals surface area (Å²) in [5.41, 5.74) is 3.59. The molecule has 4 rings (SSSR count). The van der Waals surface area contributed by atoms with E-state index in [4.69, 9.17) is 4.52 Å². The van der Waals surface area contributed by atoms with E-state index < -0.39 is 0 Å². The number of rotatable bonds is 10. The van der Waals surface area contributed by atoms with Crippen molar-refractivity contribution in [2.75, 3.05) is 13.1 Å². The molecule has 4 aromatic rings. The molecule has 8 nitrogen and oxygen atoms in total. The highest BCUT2D eigenvalue weighted by molar-refractivity contribution is 5.74. The van der Waals surface area contributed by atoms with E-state index in [0.29, 0.717) is 17.7 Å². The minimum absolute atomic E-state index is 0.318. The van der Waals surface area contributed by atoms with E-state index in [1.165, 1.54) is 11.4 Å². The third-order valence-electron chi connectivity index (χ3n) is 4.80. The second kappa shape index (κ2) is 12.4. The summed E-state index contributed by atoms with van der Waals surface area (Å²) in [4.78, 5) is 19.0. The Morgan fingerprint density at radius 3 is 2.00 bits per heavy atom. The highest BCUT2D eigenvalue weighted by Gasteiger charge is 2.04. The number of hydrogen-bond donors (Lipinski definition) is 1. The lowest BCUT2D eigenvalue weighted by Crippen LogP contribution is -2.17. The van der Waals surface area contributed by atoms with Crippen LogP contribution >= 0.6 is 0 Å². The van der Waals surface area contributed by atoms with Crippen molar-refractivity contribution < 1.29 is 9.32 Å². The van der Waals surface area contributed by atoms with Gasteiger partial charge in [-0.15, -0.1) is 0 Å². The van der Waals surface area contributed by atoms with Crippen LogP contribution in [0.15, 0.2) is 66.0 Å². The zero-order chi connectivity index (χ0) is 22.6. The van der Waals surface area contributed by atoms with E-state index >= 15 is 0 Å². The quantitative estimate of drug-likeness (QED) is 0.304. The minimum Gasteiger partial charge on any atom is -0.356 e. The van der Waals surface area contributed by atoms with E-state index in [1.54, 1.807) is 6.07 Å². The molecule has 3 heterocycles. The Labute approximate surface area is 188 Å². The maximum atomic E-state index is 10.3. The molecule has 0 aliphatic rings. The molecule has 3 aromatic heterocycles. The fourth-order valence-corrected chi connectivity index (χ4v) is 3.19. The molecule has 0 atom stereocenters. The minimum atomic E-state index is 0.318. The molecular weight excluding hydrogens is 404 g/mol. The molecule has 0 unspecified atom stereocenters. The number of aromatic nitrogens is 5. The molecule has 0 aliphatic carbocycles. The Balaban J connectivity index is 0.000000193. The molecule has 0 saturated carbocycles. The Morgan fingerprint density at radius 2 is 1.53 bits per heavy atom. The summed E-state index contributed by atoms with van der Waals surface area (Å²) in [5.74, 6) is 0.614. The number of aryl methyl sites for hydroxylation is 4. The van der Waals surface area contributed by atoms with Crippen molar-refractivity contribution in [2.45, 2.75) is 25.7 Å². The van der Waals surface area contributed by atoms with Gasteiger partial charge >= 0.3 is 0 Å². The van der Waals surface area contributed by atoms with Gasteiger partial charge in [-0.05, 0) is 38.8 Å². The second-order valence-electron chi connectivity index (χ2n) is 7.62. The first-order valence-electron chi connectivity index (χ1n) is 10.8. The van der Waals surface area contributed by atoms with Gasteiger partial charge in [0.15, 0.2) is 12.0 Å². The molecular formula is C24H30N6O2. The highest BCUT2D eigenvalue weighted by Crippen LogP contribution is 2.18. The van der Waals surface area contributed by atoms with Gasteiger partial charge in [0.2, 0.25) is 0 Å². The molecule has 168 valence electrons. The molecule has 0 amide bonds. The molecule has 8 heteroatoms. The molecule has 0 saturated heterocycles. The number of hydrogen-bond acceptors (Lipinski definition) is 6. The Morgan fingerprint density at radius 1 is 0.938 bits per heavy atom. The fourth-order valence-electron chi connectivity index (χ4n) is 3.19. The van der Waals surface area contributed by atoms with Crippen LogP contribution < -0.4 is 5.32 Å². The summed E-state index contributed by atoms with van der Waals surface area (Å²) in [5, 5.41) is 7.04. The molecule has 1 N–H and O–H groups in total. The normalized spacial score (nSPS) is 10.6. The number of imidazole rings is 2. The number of carbonyl (C=O) groups is 1. The smallest absolute Gasteiger partial charge is 0.171 e. The lowest BCUT2D eigenvalue weighted by molar-refractivity contribution is 0.111. The van der Waals surface area contributed by atoms with Crippen LogP contribution in [0.4, 0.5) is 0 Å². The zero-order valence-corrected chi connectivity index (χ0v) is 18.6. The summed E-state index contributed by atoms with van der Waals surface area (Å²) in [6, 6.07) is 11.1. The van der Waals surface area contributed by atoms with Crippen molar-refractivity contribution in [3.8, 4) is 11.3 Å². The van der Waals surface area contributed by atoms with Crippen molar-refractivity contribution in [3.63, 3.8) is 0 Å². The van der Waals surface area contributed by atoms with Crippen molar-refractivity contribution in [1.82, 2.24) is 29.6 Å². The van der Waals surface area contributed by atoms with Gasteiger partial charge in [-0.2, -0.15) is 0 Å². The van der Waals surface area contributed by atoms with Gasteiger partial charge in [-0.25, -0.2) is 9.97 Å². The van der Waals surface area contributed by atoms with Crippen LogP contribution in [0.2, 0.25) is 0 Å². The van der Waals surface area contributed by atoms with Crippen LogP contribution in [-0.2, 0) is 26.9 Å². The second-order valence-corrected chi connectivity index (χ2v) is 7.62. The first-order valence-corrected chi connectivity index (χ1v) is 10.8. The topological polar surface area (TPSA) is 90.8 Å². The molecule has 1 aromatic carbocycles. The van der Waals surface area contributed by atoms with E-state index in [2.05, 4.69) is 32.8 Å². The number of aldehydes is 1. The zero-order valence-electron chi connectivity index (χ0n) is 18.6. The lowest BCUT2D eigenvalue weighted by Gasteiger charge is -2.03. The Bertz CT molecular complexity index is 1020. The first-order chi connectivity index (χ1) is 15.6. The predicted octanol–water partition coefficient (Wildman–Crippen LogP) is 3.46. The van der Waals surface area contributed by atoms with Gasteiger partial charge in [0.25, 0.3) is 0 Å². The van der Waals surface area contributed by atoms with Gasteiger partial charge in [-0.1, -0.05) is 35.5 Å². The maximum Gasteiger partial charge on any atom is 0.171 e. The summed E-state index contributed by atoms with van der Waals surface area (Å²) >= 11 is 0. The predicted molar refractivity (Wildman–Crippen MR) is 123 cm³/mol. The van der Waals surface area contributed by atoms with Crippen molar-refractivity contribution in [1.29, 1.82) is 0 Å². The largest absolute Gasteiger partial charge is 0.356 e. The number of nitrogens with one attached hydrogen (secondary N) is 1. The summed E-state index contributed by atoms with van der Waals surface area (Å²) in [6.07, 6.45) is 12.9. The standard InChI is InChI=1S/C14H23N5.C10H7NO2/c1-18-9-13(16-11-18)5-3-7-15-8-4-6-14-10-19(2)12-17-14;12-7-9-6-10(13-11-9)8-4-2-1-3-5-8/h9-12,15H,3-8H2,1-2H3;1-7H. The molecule has 0 radical (unpaired) electrons. The maximum absolute atomic E-state index is 10.3.